The Labute approximate surface area is 144 Å². The molecule has 2 N–H and O–H groups in total. The lowest BCUT2D eigenvalue weighted by Gasteiger charge is -2.32. The maximum Gasteiger partial charge on any atom is 0.407 e. The summed E-state index contributed by atoms with van der Waals surface area (Å²) in [5.74, 6) is 1.40. The van der Waals surface area contributed by atoms with Crippen molar-refractivity contribution in [3.63, 3.8) is 0 Å². The maximum atomic E-state index is 11.7. The summed E-state index contributed by atoms with van der Waals surface area (Å²) in [6, 6.07) is -0.537. The number of carboxylic acid groups (broad SMARTS) is 1. The minimum atomic E-state index is -0.810. The molecular formula is C18H32N2O4. The molecule has 3 unspecified atom stereocenters. The van der Waals surface area contributed by atoms with E-state index in [-0.39, 0.29) is 0 Å². The van der Waals surface area contributed by atoms with Gasteiger partial charge in [-0.15, -0.1) is 0 Å². The molecule has 2 aliphatic rings. The van der Waals surface area contributed by atoms with Crippen LogP contribution >= 0.6 is 0 Å². The smallest absolute Gasteiger partial charge is 0.407 e. The summed E-state index contributed by atoms with van der Waals surface area (Å²) < 4.78 is 5.22. The first kappa shape index (κ1) is 19.0. The van der Waals surface area contributed by atoms with Gasteiger partial charge in [0, 0.05) is 19.6 Å². The molecular weight excluding hydrogens is 308 g/mol. The van der Waals surface area contributed by atoms with Gasteiger partial charge in [-0.3, -0.25) is 9.69 Å². The van der Waals surface area contributed by atoms with E-state index in [4.69, 9.17) is 4.74 Å². The lowest BCUT2D eigenvalue weighted by atomic mass is 9.88. The highest BCUT2D eigenvalue weighted by molar-refractivity contribution is 5.73. The monoisotopic (exact) mass is 340 g/mol. The van der Waals surface area contributed by atoms with Gasteiger partial charge in [-0.1, -0.05) is 6.42 Å². The molecule has 0 saturated heterocycles. The van der Waals surface area contributed by atoms with Crippen molar-refractivity contribution in [3.05, 3.63) is 0 Å². The average molecular weight is 340 g/mol. The summed E-state index contributed by atoms with van der Waals surface area (Å²) >= 11 is 0. The highest BCUT2D eigenvalue weighted by Gasteiger charge is 2.40. The van der Waals surface area contributed by atoms with Gasteiger partial charge in [0.05, 0.1) is 0 Å². The first-order chi connectivity index (χ1) is 11.2. The van der Waals surface area contributed by atoms with Gasteiger partial charge in [0.2, 0.25) is 0 Å². The van der Waals surface area contributed by atoms with Gasteiger partial charge in [-0.25, -0.2) is 4.79 Å². The number of hydrogen-bond donors (Lipinski definition) is 2. The second-order valence-electron chi connectivity index (χ2n) is 8.37. The van der Waals surface area contributed by atoms with Gasteiger partial charge in [0.15, 0.2) is 0 Å². The molecule has 138 valence electrons. The van der Waals surface area contributed by atoms with Crippen LogP contribution in [-0.4, -0.2) is 53.3 Å². The van der Waals surface area contributed by atoms with Crippen molar-refractivity contribution in [2.45, 2.75) is 65.0 Å². The van der Waals surface area contributed by atoms with Gasteiger partial charge in [-0.2, -0.15) is 0 Å². The van der Waals surface area contributed by atoms with Crippen LogP contribution in [0.2, 0.25) is 0 Å². The van der Waals surface area contributed by atoms with Crippen molar-refractivity contribution >= 4 is 12.1 Å². The van der Waals surface area contributed by atoms with E-state index in [2.05, 4.69) is 5.32 Å². The first-order valence-corrected chi connectivity index (χ1v) is 9.09. The molecule has 0 aromatic carbocycles. The number of carboxylic acids is 1. The standard InChI is InChI=1S/C18H32N2O4/c1-12(16(21)22)20(8-7-19-17(23)24-18(2,3)4)11-15-10-13-5-6-14(15)9-13/h12-15H,5-11H2,1-4H3,(H,19,23)(H,21,22)/t12-,13?,14?,15?/m0/s1. The minimum Gasteiger partial charge on any atom is -0.480 e. The van der Waals surface area contributed by atoms with Gasteiger partial charge >= 0.3 is 12.1 Å². The highest BCUT2D eigenvalue weighted by Crippen LogP contribution is 2.48. The van der Waals surface area contributed by atoms with Crippen LogP contribution in [0.5, 0.6) is 0 Å². The maximum absolute atomic E-state index is 11.7. The Bertz CT molecular complexity index is 460. The zero-order chi connectivity index (χ0) is 17.9. The van der Waals surface area contributed by atoms with Crippen molar-refractivity contribution in [1.29, 1.82) is 0 Å². The SMILES string of the molecule is C[C@@H](C(=O)O)N(CCNC(=O)OC(C)(C)C)CC1CC2CCC1C2. The van der Waals surface area contributed by atoms with Crippen molar-refractivity contribution in [3.8, 4) is 0 Å². The number of carbonyl (C=O) groups excluding carboxylic acids is 1. The lowest BCUT2D eigenvalue weighted by molar-refractivity contribution is -0.142. The molecule has 2 saturated carbocycles. The number of rotatable bonds is 7. The second kappa shape index (κ2) is 7.72. The molecule has 0 radical (unpaired) electrons. The molecule has 0 aliphatic heterocycles. The summed E-state index contributed by atoms with van der Waals surface area (Å²) in [5, 5.41) is 12.1. The molecule has 4 atom stereocenters. The van der Waals surface area contributed by atoms with E-state index >= 15 is 0 Å². The van der Waals surface area contributed by atoms with Gasteiger partial charge in [0.25, 0.3) is 0 Å². The number of ether oxygens (including phenoxy) is 1. The van der Waals surface area contributed by atoms with Crippen LogP contribution < -0.4 is 5.32 Å². The Morgan fingerprint density at radius 1 is 1.29 bits per heavy atom. The van der Waals surface area contributed by atoms with E-state index in [9.17, 15) is 14.7 Å². The molecule has 0 spiro atoms. The Kier molecular flexibility index (Phi) is 6.12. The third-order valence-corrected chi connectivity index (χ3v) is 5.33. The van der Waals surface area contributed by atoms with Crippen LogP contribution in [0.15, 0.2) is 0 Å². The normalized spacial score (nSPS) is 27.3. The number of nitrogens with zero attached hydrogens (tertiary/aromatic N) is 1. The van der Waals surface area contributed by atoms with Gasteiger partial charge in [0.1, 0.15) is 11.6 Å². The van der Waals surface area contributed by atoms with E-state index < -0.39 is 23.7 Å². The summed E-state index contributed by atoms with van der Waals surface area (Å²) in [7, 11) is 0. The van der Waals surface area contributed by atoms with E-state index in [1.165, 1.54) is 25.7 Å². The topological polar surface area (TPSA) is 78.9 Å². The number of aliphatic carboxylic acids is 1. The van der Waals surface area contributed by atoms with Crippen LogP contribution in [-0.2, 0) is 9.53 Å². The van der Waals surface area contributed by atoms with E-state index in [1.807, 2.05) is 25.7 Å². The number of fused-ring (bicyclic) bond motifs is 2. The third-order valence-electron chi connectivity index (χ3n) is 5.33. The Hall–Kier alpha value is -1.30. The van der Waals surface area contributed by atoms with Crippen LogP contribution in [0, 0.1) is 17.8 Å². The summed E-state index contributed by atoms with van der Waals surface area (Å²) in [6.45, 7) is 8.92. The van der Waals surface area contributed by atoms with Crippen molar-refractivity contribution in [2.24, 2.45) is 17.8 Å². The van der Waals surface area contributed by atoms with Crippen LogP contribution in [0.1, 0.15) is 53.4 Å². The first-order valence-electron chi connectivity index (χ1n) is 9.09. The van der Waals surface area contributed by atoms with Gasteiger partial charge in [-0.05, 0) is 64.7 Å². The highest BCUT2D eigenvalue weighted by atomic mass is 16.6. The largest absolute Gasteiger partial charge is 0.480 e. The number of hydrogen-bond acceptors (Lipinski definition) is 4. The fourth-order valence-electron chi connectivity index (χ4n) is 4.12. The van der Waals surface area contributed by atoms with Crippen molar-refractivity contribution < 1.29 is 19.4 Å². The van der Waals surface area contributed by atoms with Crippen molar-refractivity contribution in [1.82, 2.24) is 10.2 Å². The molecule has 0 aromatic heterocycles. The molecule has 1 amide bonds. The van der Waals surface area contributed by atoms with Crippen molar-refractivity contribution in [2.75, 3.05) is 19.6 Å². The van der Waals surface area contributed by atoms with Gasteiger partial charge < -0.3 is 15.2 Å². The van der Waals surface area contributed by atoms with Crippen LogP contribution in [0.4, 0.5) is 4.79 Å². The fraction of sp³-hybridized carbons (Fsp3) is 0.889. The summed E-state index contributed by atoms with van der Waals surface area (Å²) in [4.78, 5) is 25.1. The predicted octanol–water partition coefficient (Wildman–Crippen LogP) is 2.72. The third kappa shape index (κ3) is 5.36. The zero-order valence-corrected chi connectivity index (χ0v) is 15.4. The Morgan fingerprint density at radius 2 is 2.00 bits per heavy atom. The van der Waals surface area contributed by atoms with E-state index in [1.54, 1.807) is 6.92 Å². The van der Waals surface area contributed by atoms with Crippen LogP contribution in [0.25, 0.3) is 0 Å². The molecule has 6 heteroatoms. The number of carbonyl (C=O) groups is 2. The predicted molar refractivity (Wildman–Crippen MR) is 91.8 cm³/mol. The Morgan fingerprint density at radius 3 is 2.50 bits per heavy atom. The molecule has 2 aliphatic carbocycles. The molecule has 2 fully saturated rings. The summed E-state index contributed by atoms with van der Waals surface area (Å²) in [5.41, 5.74) is -0.527. The van der Waals surface area contributed by atoms with E-state index in [0.29, 0.717) is 19.0 Å². The summed E-state index contributed by atoms with van der Waals surface area (Å²) in [6.07, 6.45) is 4.73. The molecule has 0 heterocycles. The number of nitrogens with one attached hydrogen (secondary N) is 1. The quantitative estimate of drug-likeness (QED) is 0.745. The number of alkyl carbamates (subject to hydrolysis) is 1. The molecule has 0 aromatic rings. The minimum absolute atomic E-state index is 0.396. The van der Waals surface area contributed by atoms with E-state index in [0.717, 1.165) is 18.4 Å². The Balaban J connectivity index is 1.83. The molecule has 24 heavy (non-hydrogen) atoms. The second-order valence-corrected chi connectivity index (χ2v) is 8.37. The molecule has 2 rings (SSSR count). The number of amides is 1. The average Bonchev–Trinajstić information content (AvgIpc) is 3.05. The zero-order valence-electron chi connectivity index (χ0n) is 15.4. The molecule has 6 nitrogen and oxygen atoms in total. The lowest BCUT2D eigenvalue weighted by Crippen LogP contribution is -2.46. The fourth-order valence-corrected chi connectivity index (χ4v) is 4.12. The van der Waals surface area contributed by atoms with Crippen LogP contribution in [0.3, 0.4) is 0 Å². The molecule has 2 bridgehead atoms.